The van der Waals surface area contributed by atoms with Crippen LogP contribution in [0.25, 0.3) is 0 Å². The van der Waals surface area contributed by atoms with Crippen molar-refractivity contribution in [3.05, 3.63) is 0 Å². The van der Waals surface area contributed by atoms with Gasteiger partial charge in [0, 0.05) is 13.1 Å². The molecular weight excluding hydrogens is 320 g/mol. The lowest BCUT2D eigenvalue weighted by molar-refractivity contribution is -0.131. The Morgan fingerprint density at radius 3 is 2.72 bits per heavy atom. The monoisotopic (exact) mass is 350 g/mol. The van der Waals surface area contributed by atoms with Crippen LogP contribution in [0.3, 0.4) is 0 Å². The summed E-state index contributed by atoms with van der Waals surface area (Å²) in [6.45, 7) is 4.83. The number of nitrogens with one attached hydrogen (secondary N) is 2. The molecule has 1 saturated carbocycles. The van der Waals surface area contributed by atoms with Gasteiger partial charge in [-0.2, -0.15) is 0 Å². The molecule has 0 radical (unpaired) electrons. The number of hydrogen-bond donors (Lipinski definition) is 2. The molecule has 140 valence electrons. The van der Waals surface area contributed by atoms with Crippen molar-refractivity contribution in [2.24, 2.45) is 0 Å². The van der Waals surface area contributed by atoms with Crippen LogP contribution in [0.15, 0.2) is 0 Å². The fourth-order valence-electron chi connectivity index (χ4n) is 4.43. The summed E-state index contributed by atoms with van der Waals surface area (Å²) in [6.07, 6.45) is 7.24. The number of rotatable bonds is 6. The number of carbonyl (C=O) groups is 3. The number of nitrogens with zero attached hydrogens (tertiary/aromatic N) is 2. The van der Waals surface area contributed by atoms with E-state index in [2.05, 4.69) is 22.5 Å². The molecule has 3 aliphatic rings. The van der Waals surface area contributed by atoms with Gasteiger partial charge in [0.05, 0.1) is 6.04 Å². The Morgan fingerprint density at radius 2 is 2.00 bits per heavy atom. The van der Waals surface area contributed by atoms with Gasteiger partial charge < -0.3 is 10.6 Å². The third-order valence-corrected chi connectivity index (χ3v) is 5.88. The maximum atomic E-state index is 12.5. The first-order valence-corrected chi connectivity index (χ1v) is 9.73. The molecule has 1 atom stereocenters. The van der Waals surface area contributed by atoms with Gasteiger partial charge in [0.25, 0.3) is 5.91 Å². The van der Waals surface area contributed by atoms with Gasteiger partial charge in [-0.05, 0) is 45.2 Å². The normalized spacial score (nSPS) is 26.3. The zero-order valence-electron chi connectivity index (χ0n) is 15.2. The number of carbonyl (C=O) groups excluding carboxylic acids is 3. The Bertz CT molecular complexity index is 530. The lowest BCUT2D eigenvalue weighted by atomic mass is 9.98. The molecular formula is C18H30N4O3. The Morgan fingerprint density at radius 1 is 1.24 bits per heavy atom. The number of amides is 4. The van der Waals surface area contributed by atoms with Crippen LogP contribution in [0, 0.1) is 0 Å². The van der Waals surface area contributed by atoms with Crippen LogP contribution in [0.2, 0.25) is 0 Å². The molecule has 25 heavy (non-hydrogen) atoms. The number of piperidine rings is 1. The minimum atomic E-state index is -0.635. The molecule has 7 heteroatoms. The van der Waals surface area contributed by atoms with E-state index < -0.39 is 5.54 Å². The predicted octanol–water partition coefficient (Wildman–Crippen LogP) is 1.23. The maximum Gasteiger partial charge on any atom is 0.325 e. The van der Waals surface area contributed by atoms with Crippen LogP contribution in [0.5, 0.6) is 0 Å². The van der Waals surface area contributed by atoms with Crippen molar-refractivity contribution in [2.75, 3.05) is 26.2 Å². The minimum Gasteiger partial charge on any atom is -0.355 e. The first-order chi connectivity index (χ1) is 12.1. The molecule has 2 aliphatic heterocycles. The number of imide groups is 1. The quantitative estimate of drug-likeness (QED) is 0.558. The summed E-state index contributed by atoms with van der Waals surface area (Å²) in [7, 11) is 0. The van der Waals surface area contributed by atoms with E-state index >= 15 is 0 Å². The number of likely N-dealkylation sites (tertiary alicyclic amines) is 1. The van der Waals surface area contributed by atoms with Gasteiger partial charge >= 0.3 is 6.03 Å². The molecule has 1 aliphatic carbocycles. The highest BCUT2D eigenvalue weighted by Gasteiger charge is 2.51. The second-order valence-electron chi connectivity index (χ2n) is 7.46. The third kappa shape index (κ3) is 3.66. The molecule has 0 unspecified atom stereocenters. The van der Waals surface area contributed by atoms with Crippen LogP contribution in [0.4, 0.5) is 4.79 Å². The van der Waals surface area contributed by atoms with Crippen molar-refractivity contribution in [3.63, 3.8) is 0 Å². The lowest BCUT2D eigenvalue weighted by Crippen LogP contribution is -2.49. The fraction of sp³-hybridized carbons (Fsp3) is 0.833. The molecule has 2 saturated heterocycles. The van der Waals surface area contributed by atoms with Crippen molar-refractivity contribution in [2.45, 2.75) is 69.9 Å². The van der Waals surface area contributed by atoms with E-state index in [9.17, 15) is 14.4 Å². The standard InChI is InChI=1S/C18H30N4O3/c1-2-21-12-6-3-8-14(21)15(23)19-11-7-13-22-16(24)18(20-17(22)25)9-4-5-10-18/h14H,2-13H2,1H3,(H,19,23)(H,20,25)/t14-/m0/s1. The average molecular weight is 350 g/mol. The number of hydrogen-bond acceptors (Lipinski definition) is 4. The second kappa shape index (κ2) is 7.72. The molecule has 0 bridgehead atoms. The highest BCUT2D eigenvalue weighted by molar-refractivity contribution is 6.07. The Kier molecular flexibility index (Phi) is 5.61. The molecule has 0 aromatic heterocycles. The van der Waals surface area contributed by atoms with Crippen molar-refractivity contribution in [1.29, 1.82) is 0 Å². The van der Waals surface area contributed by atoms with E-state index in [-0.39, 0.29) is 23.9 Å². The molecule has 0 aromatic rings. The average Bonchev–Trinajstić information content (AvgIpc) is 3.18. The molecule has 4 amide bonds. The van der Waals surface area contributed by atoms with Crippen LogP contribution in [0.1, 0.15) is 58.3 Å². The van der Waals surface area contributed by atoms with Gasteiger partial charge in [0.1, 0.15) is 5.54 Å². The zero-order chi connectivity index (χ0) is 17.9. The molecule has 2 heterocycles. The van der Waals surface area contributed by atoms with E-state index in [1.165, 1.54) is 4.90 Å². The van der Waals surface area contributed by atoms with Crippen molar-refractivity contribution < 1.29 is 14.4 Å². The molecule has 3 rings (SSSR count). The first-order valence-electron chi connectivity index (χ1n) is 9.73. The molecule has 3 fully saturated rings. The van der Waals surface area contributed by atoms with E-state index in [4.69, 9.17) is 0 Å². The molecule has 7 nitrogen and oxygen atoms in total. The fourth-order valence-corrected chi connectivity index (χ4v) is 4.43. The van der Waals surface area contributed by atoms with E-state index in [1.54, 1.807) is 0 Å². The maximum absolute atomic E-state index is 12.5. The summed E-state index contributed by atoms with van der Waals surface area (Å²) in [5.41, 5.74) is -0.635. The smallest absolute Gasteiger partial charge is 0.325 e. The molecule has 1 spiro atoms. The van der Waals surface area contributed by atoms with Crippen molar-refractivity contribution >= 4 is 17.8 Å². The Labute approximate surface area is 149 Å². The summed E-state index contributed by atoms with van der Waals surface area (Å²) in [5, 5.41) is 5.87. The third-order valence-electron chi connectivity index (χ3n) is 5.88. The SMILES string of the molecule is CCN1CCCC[C@H]1C(=O)NCCCN1C(=O)NC2(CCCC2)C1=O. The zero-order valence-corrected chi connectivity index (χ0v) is 15.2. The summed E-state index contributed by atoms with van der Waals surface area (Å²) < 4.78 is 0. The number of urea groups is 1. The van der Waals surface area contributed by atoms with Crippen molar-refractivity contribution in [1.82, 2.24) is 20.4 Å². The van der Waals surface area contributed by atoms with Crippen LogP contribution in [-0.2, 0) is 9.59 Å². The van der Waals surface area contributed by atoms with Gasteiger partial charge in [-0.3, -0.25) is 19.4 Å². The van der Waals surface area contributed by atoms with Gasteiger partial charge in [-0.15, -0.1) is 0 Å². The van der Waals surface area contributed by atoms with Gasteiger partial charge in [0.15, 0.2) is 0 Å². The Hall–Kier alpha value is -1.63. The summed E-state index contributed by atoms with van der Waals surface area (Å²) in [4.78, 5) is 40.6. The largest absolute Gasteiger partial charge is 0.355 e. The highest BCUT2D eigenvalue weighted by atomic mass is 16.2. The van der Waals surface area contributed by atoms with Gasteiger partial charge in [0.2, 0.25) is 5.91 Å². The summed E-state index contributed by atoms with van der Waals surface area (Å²) >= 11 is 0. The van der Waals surface area contributed by atoms with E-state index in [1.807, 2.05) is 0 Å². The number of likely N-dealkylation sites (N-methyl/N-ethyl adjacent to an activating group) is 1. The molecule has 2 N–H and O–H groups in total. The Balaban J connectivity index is 1.43. The van der Waals surface area contributed by atoms with Gasteiger partial charge in [-0.1, -0.05) is 26.2 Å². The van der Waals surface area contributed by atoms with Crippen LogP contribution >= 0.6 is 0 Å². The molecule has 0 aromatic carbocycles. The van der Waals surface area contributed by atoms with Crippen LogP contribution in [-0.4, -0.2) is 65.4 Å². The first kappa shape index (κ1) is 18.2. The lowest BCUT2D eigenvalue weighted by Gasteiger charge is -2.33. The highest BCUT2D eigenvalue weighted by Crippen LogP contribution is 2.34. The summed E-state index contributed by atoms with van der Waals surface area (Å²) in [5.74, 6) is -0.00298. The second-order valence-corrected chi connectivity index (χ2v) is 7.46. The van der Waals surface area contributed by atoms with E-state index in [0.717, 1.165) is 58.0 Å². The topological polar surface area (TPSA) is 81.8 Å². The van der Waals surface area contributed by atoms with Crippen molar-refractivity contribution in [3.8, 4) is 0 Å². The summed E-state index contributed by atoms with van der Waals surface area (Å²) in [6, 6.07) is -0.306. The van der Waals surface area contributed by atoms with Crippen LogP contribution < -0.4 is 10.6 Å². The van der Waals surface area contributed by atoms with Gasteiger partial charge in [-0.25, -0.2) is 4.79 Å². The van der Waals surface area contributed by atoms with E-state index in [0.29, 0.717) is 19.5 Å². The minimum absolute atomic E-state index is 0.0303. The predicted molar refractivity (Wildman–Crippen MR) is 94.0 cm³/mol.